The molecule has 1 fully saturated rings. The Balaban J connectivity index is 1.96. The summed E-state index contributed by atoms with van der Waals surface area (Å²) in [5, 5.41) is 1.93. The number of thiophene rings is 1. The molecule has 2 heterocycles. The van der Waals surface area contributed by atoms with Gasteiger partial charge >= 0.3 is 0 Å². The molecule has 16 heavy (non-hydrogen) atoms. The first kappa shape index (κ1) is 10.0. The highest BCUT2D eigenvalue weighted by molar-refractivity contribution is 7.17. The third-order valence-electron chi connectivity index (χ3n) is 3.37. The van der Waals surface area contributed by atoms with E-state index < -0.39 is 0 Å². The van der Waals surface area contributed by atoms with Gasteiger partial charge < -0.3 is 0 Å². The second-order valence-electron chi connectivity index (χ2n) is 4.49. The van der Waals surface area contributed by atoms with Crippen molar-refractivity contribution < 1.29 is 0 Å². The first-order valence-electron chi connectivity index (χ1n) is 5.77. The van der Waals surface area contributed by atoms with Gasteiger partial charge in [0, 0.05) is 6.54 Å². The summed E-state index contributed by atoms with van der Waals surface area (Å²) in [4.78, 5) is 16.4. The molecule has 1 aliphatic carbocycles. The first-order valence-corrected chi connectivity index (χ1v) is 6.65. The van der Waals surface area contributed by atoms with Gasteiger partial charge in [0.1, 0.15) is 4.70 Å². The smallest absolute Gasteiger partial charge is 0.271 e. The quantitative estimate of drug-likeness (QED) is 0.800. The predicted octanol–water partition coefficient (Wildman–Crippen LogP) is 2.65. The van der Waals surface area contributed by atoms with E-state index in [1.54, 1.807) is 10.9 Å². The topological polar surface area (TPSA) is 34.9 Å². The summed E-state index contributed by atoms with van der Waals surface area (Å²) in [6.45, 7) is 0.847. The van der Waals surface area contributed by atoms with Gasteiger partial charge in [0.05, 0.1) is 11.8 Å². The lowest BCUT2D eigenvalue weighted by Crippen LogP contribution is -2.22. The SMILES string of the molecule is O=c1c2sccc2ncn1CC1CCCC1. The predicted molar refractivity (Wildman–Crippen MR) is 65.8 cm³/mol. The van der Waals surface area contributed by atoms with Gasteiger partial charge in [0.15, 0.2) is 0 Å². The molecule has 84 valence electrons. The van der Waals surface area contributed by atoms with Crippen LogP contribution in [0.5, 0.6) is 0 Å². The van der Waals surface area contributed by atoms with Crippen molar-refractivity contribution in [3.05, 3.63) is 28.1 Å². The van der Waals surface area contributed by atoms with Crippen molar-refractivity contribution >= 4 is 21.6 Å². The molecule has 2 aromatic heterocycles. The van der Waals surface area contributed by atoms with Gasteiger partial charge in [-0.2, -0.15) is 0 Å². The molecule has 0 bridgehead atoms. The Labute approximate surface area is 97.7 Å². The summed E-state index contributed by atoms with van der Waals surface area (Å²) >= 11 is 1.49. The van der Waals surface area contributed by atoms with E-state index in [2.05, 4.69) is 4.98 Å². The Morgan fingerprint density at radius 1 is 1.44 bits per heavy atom. The van der Waals surface area contributed by atoms with Crippen molar-refractivity contribution in [1.82, 2.24) is 9.55 Å². The molecule has 0 radical (unpaired) electrons. The van der Waals surface area contributed by atoms with Crippen molar-refractivity contribution in [2.75, 3.05) is 0 Å². The molecule has 0 saturated heterocycles. The molecule has 0 unspecified atom stereocenters. The number of hydrogen-bond donors (Lipinski definition) is 0. The normalized spacial score (nSPS) is 17.2. The monoisotopic (exact) mass is 234 g/mol. The first-order chi connectivity index (χ1) is 7.84. The van der Waals surface area contributed by atoms with E-state index in [9.17, 15) is 4.79 Å². The lowest BCUT2D eigenvalue weighted by atomic mass is 10.1. The molecule has 0 spiro atoms. The van der Waals surface area contributed by atoms with E-state index >= 15 is 0 Å². The molecule has 0 N–H and O–H groups in total. The molecule has 2 aromatic rings. The zero-order valence-electron chi connectivity index (χ0n) is 9.06. The summed E-state index contributed by atoms with van der Waals surface area (Å²) in [6.07, 6.45) is 6.85. The molecule has 0 aliphatic heterocycles. The van der Waals surface area contributed by atoms with Crippen LogP contribution in [0.25, 0.3) is 10.2 Å². The highest BCUT2D eigenvalue weighted by Crippen LogP contribution is 2.25. The third-order valence-corrected chi connectivity index (χ3v) is 4.26. The molecular weight excluding hydrogens is 220 g/mol. The molecule has 3 nitrogen and oxygen atoms in total. The van der Waals surface area contributed by atoms with E-state index in [4.69, 9.17) is 0 Å². The van der Waals surface area contributed by atoms with E-state index in [-0.39, 0.29) is 5.56 Å². The standard InChI is InChI=1S/C12H14N2OS/c15-12-11-10(5-6-16-11)13-8-14(12)7-9-3-1-2-4-9/h5-6,8-9H,1-4,7H2. The summed E-state index contributed by atoms with van der Waals surface area (Å²) in [7, 11) is 0. The fraction of sp³-hybridized carbons (Fsp3) is 0.500. The van der Waals surface area contributed by atoms with Crippen LogP contribution in [0.15, 0.2) is 22.6 Å². The average Bonchev–Trinajstić information content (AvgIpc) is 2.93. The van der Waals surface area contributed by atoms with Gasteiger partial charge in [-0.25, -0.2) is 4.98 Å². The number of hydrogen-bond acceptors (Lipinski definition) is 3. The van der Waals surface area contributed by atoms with Gasteiger partial charge in [0.25, 0.3) is 5.56 Å². The van der Waals surface area contributed by atoms with Crippen LogP contribution in [0.1, 0.15) is 25.7 Å². The largest absolute Gasteiger partial charge is 0.298 e. The summed E-state index contributed by atoms with van der Waals surface area (Å²) in [5.74, 6) is 0.678. The van der Waals surface area contributed by atoms with Gasteiger partial charge in [0.2, 0.25) is 0 Å². The van der Waals surface area contributed by atoms with Gasteiger partial charge in [-0.15, -0.1) is 11.3 Å². The van der Waals surface area contributed by atoms with Gasteiger partial charge in [-0.1, -0.05) is 12.8 Å². The van der Waals surface area contributed by atoms with Crippen LogP contribution >= 0.6 is 11.3 Å². The van der Waals surface area contributed by atoms with E-state index in [0.29, 0.717) is 5.92 Å². The molecule has 0 amide bonds. The maximum absolute atomic E-state index is 12.1. The molecular formula is C12H14N2OS. The fourth-order valence-electron chi connectivity index (χ4n) is 2.48. The maximum Gasteiger partial charge on any atom is 0.271 e. The van der Waals surface area contributed by atoms with Crippen LogP contribution in [0.4, 0.5) is 0 Å². The minimum Gasteiger partial charge on any atom is -0.298 e. The minimum absolute atomic E-state index is 0.131. The lowest BCUT2D eigenvalue weighted by Gasteiger charge is -2.10. The maximum atomic E-state index is 12.1. The van der Waals surface area contributed by atoms with Crippen LogP contribution < -0.4 is 5.56 Å². The van der Waals surface area contributed by atoms with Crippen molar-refractivity contribution in [2.45, 2.75) is 32.2 Å². The summed E-state index contributed by atoms with van der Waals surface area (Å²) in [6, 6.07) is 1.90. The number of aromatic nitrogens is 2. The molecule has 4 heteroatoms. The van der Waals surface area contributed by atoms with E-state index in [1.165, 1.54) is 37.0 Å². The van der Waals surface area contributed by atoms with Crippen molar-refractivity contribution in [3.63, 3.8) is 0 Å². The highest BCUT2D eigenvalue weighted by Gasteiger charge is 2.16. The fourth-order valence-corrected chi connectivity index (χ4v) is 3.27. The Hall–Kier alpha value is -1.16. The van der Waals surface area contributed by atoms with E-state index in [1.807, 2.05) is 11.4 Å². The van der Waals surface area contributed by atoms with Crippen LogP contribution in [-0.4, -0.2) is 9.55 Å². The van der Waals surface area contributed by atoms with Crippen molar-refractivity contribution in [3.8, 4) is 0 Å². The van der Waals surface area contributed by atoms with Crippen molar-refractivity contribution in [2.24, 2.45) is 5.92 Å². The number of nitrogens with zero attached hydrogens (tertiary/aromatic N) is 2. The second kappa shape index (κ2) is 4.01. The minimum atomic E-state index is 0.131. The second-order valence-corrected chi connectivity index (χ2v) is 5.40. The van der Waals surface area contributed by atoms with E-state index in [0.717, 1.165) is 16.8 Å². The molecule has 1 aliphatic rings. The number of fused-ring (bicyclic) bond motifs is 1. The summed E-state index contributed by atoms with van der Waals surface area (Å²) < 4.78 is 2.58. The van der Waals surface area contributed by atoms with Crippen LogP contribution in [0.2, 0.25) is 0 Å². The van der Waals surface area contributed by atoms with Crippen LogP contribution in [0.3, 0.4) is 0 Å². The Morgan fingerprint density at radius 3 is 3.06 bits per heavy atom. The van der Waals surface area contributed by atoms with Gasteiger partial charge in [-0.05, 0) is 30.2 Å². The Kier molecular flexibility index (Phi) is 2.52. The lowest BCUT2D eigenvalue weighted by molar-refractivity contribution is 0.447. The Morgan fingerprint density at radius 2 is 2.25 bits per heavy atom. The molecule has 0 atom stereocenters. The summed E-state index contributed by atoms with van der Waals surface area (Å²) in [5.41, 5.74) is 0.963. The zero-order chi connectivity index (χ0) is 11.0. The van der Waals surface area contributed by atoms with Crippen molar-refractivity contribution in [1.29, 1.82) is 0 Å². The molecule has 1 saturated carbocycles. The van der Waals surface area contributed by atoms with Gasteiger partial charge in [-0.3, -0.25) is 9.36 Å². The van der Waals surface area contributed by atoms with Crippen LogP contribution in [0, 0.1) is 5.92 Å². The third kappa shape index (κ3) is 1.67. The van der Waals surface area contributed by atoms with Crippen LogP contribution in [-0.2, 0) is 6.54 Å². The Bertz CT molecular complexity index is 551. The number of rotatable bonds is 2. The zero-order valence-corrected chi connectivity index (χ0v) is 9.87. The molecule has 0 aromatic carbocycles. The highest BCUT2D eigenvalue weighted by atomic mass is 32.1. The average molecular weight is 234 g/mol. The molecule has 3 rings (SSSR count).